The van der Waals surface area contributed by atoms with Crippen LogP contribution in [0.5, 0.6) is 11.5 Å². The molecule has 1 aliphatic carbocycles. The third kappa shape index (κ3) is 4.11. The van der Waals surface area contributed by atoms with Gasteiger partial charge in [-0.05, 0) is 62.1 Å². The molecule has 0 radical (unpaired) electrons. The van der Waals surface area contributed by atoms with Crippen molar-refractivity contribution in [3.05, 3.63) is 58.5 Å². The van der Waals surface area contributed by atoms with Gasteiger partial charge in [0.1, 0.15) is 29.1 Å². The Morgan fingerprint density at radius 1 is 1.10 bits per heavy atom. The van der Waals surface area contributed by atoms with Crippen LogP contribution in [0.25, 0.3) is 10.1 Å². The van der Waals surface area contributed by atoms with E-state index in [-0.39, 0.29) is 18.7 Å². The van der Waals surface area contributed by atoms with Crippen LogP contribution >= 0.6 is 11.3 Å². The number of benzene rings is 2. The highest BCUT2D eigenvalue weighted by atomic mass is 32.1. The lowest BCUT2D eigenvalue weighted by Gasteiger charge is -2.13. The number of methoxy groups -OCH3 is 1. The minimum absolute atomic E-state index is 0.0141. The predicted octanol–water partition coefficient (Wildman–Crippen LogP) is 4.69. The van der Waals surface area contributed by atoms with Gasteiger partial charge >= 0.3 is 5.97 Å². The third-order valence-electron chi connectivity index (χ3n) is 5.28. The molecule has 3 aromatic rings. The lowest BCUT2D eigenvalue weighted by atomic mass is 10.1. The van der Waals surface area contributed by atoms with Crippen LogP contribution in [-0.2, 0) is 11.3 Å². The average Bonchev–Trinajstić information content (AvgIpc) is 3.40. The maximum absolute atomic E-state index is 13.0. The summed E-state index contributed by atoms with van der Waals surface area (Å²) in [5.74, 6) is 0.454. The van der Waals surface area contributed by atoms with Gasteiger partial charge in [-0.15, -0.1) is 11.3 Å². The molecule has 0 unspecified atom stereocenters. The number of ether oxygens (including phenoxy) is 3. The fourth-order valence-electron chi connectivity index (χ4n) is 3.73. The molecule has 6 nitrogen and oxygen atoms in total. The van der Waals surface area contributed by atoms with Gasteiger partial charge in [0.25, 0.3) is 0 Å². The Balaban J connectivity index is 1.64. The molecular formula is C23H23NO5S. The molecular weight excluding hydrogens is 402 g/mol. The highest BCUT2D eigenvalue weighted by molar-refractivity contribution is 7.21. The fourth-order valence-corrected chi connectivity index (χ4v) is 4.84. The molecule has 1 aliphatic rings. The van der Waals surface area contributed by atoms with Gasteiger partial charge in [0.05, 0.1) is 7.11 Å². The lowest BCUT2D eigenvalue weighted by molar-refractivity contribution is 0.0321. The minimum Gasteiger partial charge on any atom is -0.496 e. The van der Waals surface area contributed by atoms with Gasteiger partial charge < -0.3 is 19.9 Å². The van der Waals surface area contributed by atoms with Crippen LogP contribution in [0.1, 0.15) is 51.3 Å². The minimum atomic E-state index is -0.493. The second-order valence-electron chi connectivity index (χ2n) is 7.23. The van der Waals surface area contributed by atoms with E-state index in [1.165, 1.54) is 11.3 Å². The smallest absolute Gasteiger partial charge is 0.349 e. The normalized spacial score (nSPS) is 14.0. The predicted molar refractivity (Wildman–Crippen MR) is 115 cm³/mol. The zero-order valence-corrected chi connectivity index (χ0v) is 17.5. The first-order chi connectivity index (χ1) is 14.6. The Morgan fingerprint density at radius 3 is 2.50 bits per heavy atom. The van der Waals surface area contributed by atoms with E-state index in [1.54, 1.807) is 31.4 Å². The summed E-state index contributed by atoms with van der Waals surface area (Å²) in [6.07, 6.45) is 4.00. The van der Waals surface area contributed by atoms with Crippen molar-refractivity contribution < 1.29 is 23.8 Å². The highest BCUT2D eigenvalue weighted by Crippen LogP contribution is 2.39. The lowest BCUT2D eigenvalue weighted by Crippen LogP contribution is -2.15. The van der Waals surface area contributed by atoms with Crippen LogP contribution in [0.3, 0.4) is 0 Å². The number of carbonyl (C=O) groups is 2. The summed E-state index contributed by atoms with van der Waals surface area (Å²) in [4.78, 5) is 24.8. The van der Waals surface area contributed by atoms with Crippen molar-refractivity contribution in [3.63, 3.8) is 0 Å². The molecule has 1 heterocycles. The summed E-state index contributed by atoms with van der Waals surface area (Å²) in [5, 5.41) is 0.858. The summed E-state index contributed by atoms with van der Waals surface area (Å²) >= 11 is 1.39. The molecule has 0 aliphatic heterocycles. The summed E-state index contributed by atoms with van der Waals surface area (Å²) < 4.78 is 18.2. The summed E-state index contributed by atoms with van der Waals surface area (Å²) in [5.41, 5.74) is 6.44. The average molecular weight is 426 g/mol. The van der Waals surface area contributed by atoms with Crippen molar-refractivity contribution in [1.29, 1.82) is 0 Å². The highest BCUT2D eigenvalue weighted by Gasteiger charge is 2.26. The number of carbonyl (C=O) groups excluding carboxylic acids is 2. The number of primary amides is 1. The first-order valence-corrected chi connectivity index (χ1v) is 10.7. The topological polar surface area (TPSA) is 87.8 Å². The molecule has 156 valence electrons. The van der Waals surface area contributed by atoms with Crippen molar-refractivity contribution >= 4 is 33.3 Å². The Kier molecular flexibility index (Phi) is 5.90. The van der Waals surface area contributed by atoms with Gasteiger partial charge in [-0.1, -0.05) is 6.07 Å². The molecule has 2 N–H and O–H groups in total. The Hall–Kier alpha value is -3.06. The Morgan fingerprint density at radius 2 is 1.83 bits per heavy atom. The van der Waals surface area contributed by atoms with Gasteiger partial charge in [0.2, 0.25) is 5.91 Å². The summed E-state index contributed by atoms with van der Waals surface area (Å²) in [7, 11) is 1.61. The number of rotatable bonds is 7. The first kappa shape index (κ1) is 20.2. The summed E-state index contributed by atoms with van der Waals surface area (Å²) in [6.45, 7) is 0.172. The molecule has 1 aromatic heterocycles. The number of hydrogen-bond acceptors (Lipinski definition) is 6. The standard InChI is InChI=1S/C23H23NO5S/c1-27-18-7-4-8-19-20(18)17(13-28-15-11-9-14(10-12-15)22(24)25)21(30-19)23(26)29-16-5-2-3-6-16/h4,7-12,16H,2-3,5-6,13H2,1H3,(H2,24,25). The van der Waals surface area contributed by atoms with E-state index in [9.17, 15) is 9.59 Å². The zero-order valence-electron chi connectivity index (χ0n) is 16.7. The van der Waals surface area contributed by atoms with E-state index in [0.29, 0.717) is 21.9 Å². The molecule has 30 heavy (non-hydrogen) atoms. The number of fused-ring (bicyclic) bond motifs is 1. The van der Waals surface area contributed by atoms with Crippen LogP contribution in [-0.4, -0.2) is 25.1 Å². The molecule has 0 bridgehead atoms. The van der Waals surface area contributed by atoms with Crippen molar-refractivity contribution in [3.8, 4) is 11.5 Å². The molecule has 1 saturated carbocycles. The van der Waals surface area contributed by atoms with Crippen LogP contribution in [0.15, 0.2) is 42.5 Å². The second-order valence-corrected chi connectivity index (χ2v) is 8.28. The van der Waals surface area contributed by atoms with Crippen molar-refractivity contribution in [2.75, 3.05) is 7.11 Å². The van der Waals surface area contributed by atoms with E-state index < -0.39 is 5.91 Å². The molecule has 2 aromatic carbocycles. The number of amides is 1. The van der Waals surface area contributed by atoms with Crippen molar-refractivity contribution in [1.82, 2.24) is 0 Å². The quantitative estimate of drug-likeness (QED) is 0.555. The van der Waals surface area contributed by atoms with Crippen LogP contribution in [0, 0.1) is 0 Å². The van der Waals surface area contributed by atoms with E-state index >= 15 is 0 Å². The van der Waals surface area contributed by atoms with E-state index in [1.807, 2.05) is 18.2 Å². The number of nitrogens with two attached hydrogens (primary N) is 1. The maximum atomic E-state index is 13.0. The molecule has 1 amide bonds. The van der Waals surface area contributed by atoms with Gasteiger partial charge in [-0.25, -0.2) is 4.79 Å². The van der Waals surface area contributed by atoms with E-state index in [0.717, 1.165) is 41.3 Å². The van der Waals surface area contributed by atoms with Gasteiger partial charge in [0, 0.05) is 21.2 Å². The van der Waals surface area contributed by atoms with Crippen LogP contribution in [0.4, 0.5) is 0 Å². The van der Waals surface area contributed by atoms with E-state index in [2.05, 4.69) is 0 Å². The summed E-state index contributed by atoms with van der Waals surface area (Å²) in [6, 6.07) is 12.3. The second kappa shape index (κ2) is 8.75. The molecule has 0 saturated heterocycles. The third-order valence-corrected chi connectivity index (χ3v) is 6.46. The van der Waals surface area contributed by atoms with Gasteiger partial charge in [0.15, 0.2) is 0 Å². The molecule has 0 spiro atoms. The number of hydrogen-bond donors (Lipinski definition) is 1. The van der Waals surface area contributed by atoms with Gasteiger partial charge in [-0.2, -0.15) is 0 Å². The Bertz CT molecular complexity index is 1070. The Labute approximate surface area is 178 Å². The first-order valence-electron chi connectivity index (χ1n) is 9.89. The van der Waals surface area contributed by atoms with Crippen molar-refractivity contribution in [2.45, 2.75) is 38.4 Å². The largest absolute Gasteiger partial charge is 0.496 e. The molecule has 7 heteroatoms. The zero-order chi connectivity index (χ0) is 21.1. The van der Waals surface area contributed by atoms with Crippen LogP contribution < -0.4 is 15.2 Å². The number of thiophene rings is 1. The van der Waals surface area contributed by atoms with Crippen LogP contribution in [0.2, 0.25) is 0 Å². The van der Waals surface area contributed by atoms with Crippen molar-refractivity contribution in [2.24, 2.45) is 5.73 Å². The molecule has 1 fully saturated rings. The van der Waals surface area contributed by atoms with Gasteiger partial charge in [-0.3, -0.25) is 4.79 Å². The molecule has 0 atom stereocenters. The fraction of sp³-hybridized carbons (Fsp3) is 0.304. The SMILES string of the molecule is COc1cccc2sc(C(=O)OC3CCCC3)c(COc3ccc(C(N)=O)cc3)c12. The van der Waals surface area contributed by atoms with E-state index in [4.69, 9.17) is 19.9 Å². The number of esters is 1. The molecule has 4 rings (SSSR count). The monoisotopic (exact) mass is 425 g/mol. The maximum Gasteiger partial charge on any atom is 0.349 e.